The molecule has 3 aromatic rings. The lowest BCUT2D eigenvalue weighted by Gasteiger charge is -2.13. The maximum absolute atomic E-state index is 12.9. The highest BCUT2D eigenvalue weighted by molar-refractivity contribution is 6.38. The molecule has 24 heavy (non-hydrogen) atoms. The molecule has 0 amide bonds. The Morgan fingerprint density at radius 3 is 2.42 bits per heavy atom. The summed E-state index contributed by atoms with van der Waals surface area (Å²) in [5.41, 5.74) is -3.56. The zero-order chi connectivity index (χ0) is 17.8. The van der Waals surface area contributed by atoms with E-state index >= 15 is 0 Å². The Bertz CT molecular complexity index is 1080. The van der Waals surface area contributed by atoms with Crippen molar-refractivity contribution in [3.05, 3.63) is 61.0 Å². The van der Waals surface area contributed by atoms with Crippen LogP contribution in [0.2, 0.25) is 10.0 Å². The quantitative estimate of drug-likeness (QED) is 0.649. The molecule has 0 saturated heterocycles. The van der Waals surface area contributed by atoms with Gasteiger partial charge in [-0.15, -0.1) is 0 Å². The maximum atomic E-state index is 12.9. The Morgan fingerprint density at radius 1 is 1.12 bits per heavy atom. The molecule has 0 aliphatic rings. The van der Waals surface area contributed by atoms with Gasteiger partial charge in [0.15, 0.2) is 5.58 Å². The molecule has 0 unspecified atom stereocenters. The zero-order valence-electron chi connectivity index (χ0n) is 11.8. The first kappa shape index (κ1) is 16.7. The van der Waals surface area contributed by atoms with E-state index in [1.54, 1.807) is 0 Å². The van der Waals surface area contributed by atoms with Gasteiger partial charge in [-0.05, 0) is 12.1 Å². The van der Waals surface area contributed by atoms with E-state index in [1.807, 2.05) is 0 Å². The molecule has 0 radical (unpaired) electrons. The van der Waals surface area contributed by atoms with Gasteiger partial charge in [-0.25, -0.2) is 9.36 Å². The number of hydrogen-bond acceptors (Lipinski definition) is 3. The van der Waals surface area contributed by atoms with E-state index in [1.165, 1.54) is 12.1 Å². The Kier molecular flexibility index (Phi) is 3.76. The highest BCUT2D eigenvalue weighted by atomic mass is 35.5. The first-order chi connectivity index (χ1) is 11.1. The van der Waals surface area contributed by atoms with Crippen LogP contribution < -0.4 is 11.2 Å². The molecule has 0 atom stereocenters. The Morgan fingerprint density at radius 2 is 1.79 bits per heavy atom. The van der Waals surface area contributed by atoms with Gasteiger partial charge >= 0.3 is 11.9 Å². The monoisotopic (exact) mass is 378 g/mol. The maximum Gasteiger partial charge on any atom is 0.431 e. The summed E-state index contributed by atoms with van der Waals surface area (Å²) in [5, 5.41) is 0.582. The number of rotatable bonds is 1. The van der Waals surface area contributed by atoms with Gasteiger partial charge in [0.2, 0.25) is 0 Å². The molecule has 0 aliphatic carbocycles. The van der Waals surface area contributed by atoms with Gasteiger partial charge in [-0.3, -0.25) is 9.36 Å². The smallest absolute Gasteiger partial charge is 0.431 e. The third-order valence-corrected chi connectivity index (χ3v) is 3.92. The van der Waals surface area contributed by atoms with Crippen molar-refractivity contribution in [1.82, 2.24) is 9.13 Å². The van der Waals surface area contributed by atoms with Crippen LogP contribution in [0.5, 0.6) is 0 Å². The summed E-state index contributed by atoms with van der Waals surface area (Å²) in [5.74, 6) is 0. The molecule has 3 rings (SSSR count). The molecule has 1 aromatic carbocycles. The van der Waals surface area contributed by atoms with Crippen LogP contribution in [0.1, 0.15) is 5.69 Å². The number of fused-ring (bicyclic) bond motifs is 1. The molecule has 0 fully saturated rings. The summed E-state index contributed by atoms with van der Waals surface area (Å²) in [6.07, 6.45) is -3.78. The number of furan rings is 1. The van der Waals surface area contributed by atoms with Crippen LogP contribution in [0.4, 0.5) is 13.2 Å². The van der Waals surface area contributed by atoms with Crippen LogP contribution in [0, 0.1) is 0 Å². The SMILES string of the molecule is Cn1c(C(F)(F)F)cc(=O)n(-c2coc3c(Cl)cc(Cl)cc23)c1=O. The van der Waals surface area contributed by atoms with Crippen molar-refractivity contribution >= 4 is 34.2 Å². The number of halogens is 5. The van der Waals surface area contributed by atoms with E-state index in [9.17, 15) is 22.8 Å². The predicted molar refractivity (Wildman–Crippen MR) is 82.1 cm³/mol. The highest BCUT2D eigenvalue weighted by Gasteiger charge is 2.35. The van der Waals surface area contributed by atoms with Crippen molar-refractivity contribution < 1.29 is 17.6 Å². The molecule has 0 saturated carbocycles. The van der Waals surface area contributed by atoms with Gasteiger partial charge in [0.25, 0.3) is 5.56 Å². The molecule has 2 aromatic heterocycles. The van der Waals surface area contributed by atoms with Crippen molar-refractivity contribution in [2.75, 3.05) is 0 Å². The van der Waals surface area contributed by atoms with E-state index < -0.39 is 23.1 Å². The van der Waals surface area contributed by atoms with Crippen molar-refractivity contribution in [3.8, 4) is 5.69 Å². The number of hydrogen-bond donors (Lipinski definition) is 0. The Labute approximate surface area is 141 Å². The van der Waals surface area contributed by atoms with Crippen LogP contribution >= 0.6 is 23.2 Å². The number of aromatic nitrogens is 2. The third-order valence-electron chi connectivity index (χ3n) is 3.42. The minimum atomic E-state index is -4.84. The summed E-state index contributed by atoms with van der Waals surface area (Å²) >= 11 is 11.9. The second-order valence-electron chi connectivity index (χ2n) is 4.93. The molecule has 0 aliphatic heterocycles. The lowest BCUT2D eigenvalue weighted by atomic mass is 10.2. The first-order valence-electron chi connectivity index (χ1n) is 6.38. The lowest BCUT2D eigenvalue weighted by Crippen LogP contribution is -2.40. The van der Waals surface area contributed by atoms with Crippen molar-refractivity contribution in [2.24, 2.45) is 7.05 Å². The normalized spacial score (nSPS) is 12.1. The van der Waals surface area contributed by atoms with E-state index in [0.717, 1.165) is 13.3 Å². The molecule has 10 heteroatoms. The van der Waals surface area contributed by atoms with Crippen LogP contribution in [-0.2, 0) is 13.2 Å². The van der Waals surface area contributed by atoms with Crippen LogP contribution in [0.25, 0.3) is 16.7 Å². The topological polar surface area (TPSA) is 57.1 Å². The van der Waals surface area contributed by atoms with E-state index in [2.05, 4.69) is 0 Å². The fourth-order valence-electron chi connectivity index (χ4n) is 2.34. The molecule has 0 bridgehead atoms. The van der Waals surface area contributed by atoms with Crippen molar-refractivity contribution in [2.45, 2.75) is 6.18 Å². The van der Waals surface area contributed by atoms with Crippen LogP contribution in [-0.4, -0.2) is 9.13 Å². The molecule has 2 heterocycles. The summed E-state index contributed by atoms with van der Waals surface area (Å²) in [6, 6.07) is 3.13. The summed E-state index contributed by atoms with van der Waals surface area (Å²) in [7, 11) is 0.920. The molecular weight excluding hydrogens is 372 g/mol. The summed E-state index contributed by atoms with van der Waals surface area (Å²) in [6.45, 7) is 0. The number of benzene rings is 1. The first-order valence-corrected chi connectivity index (χ1v) is 7.13. The third kappa shape index (κ3) is 2.51. The molecule has 126 valence electrons. The molecule has 0 N–H and O–H groups in total. The second kappa shape index (κ2) is 5.42. The molecule has 5 nitrogen and oxygen atoms in total. The number of nitrogens with zero attached hydrogens (tertiary/aromatic N) is 2. The van der Waals surface area contributed by atoms with Gasteiger partial charge in [0.05, 0.1) is 5.02 Å². The van der Waals surface area contributed by atoms with Crippen LogP contribution in [0.15, 0.2) is 38.5 Å². The standard InChI is InChI=1S/C14H7Cl2F3N2O3/c1-20-10(14(17,18)19)4-11(22)21(13(20)23)9-5-24-12-7(9)2-6(15)3-8(12)16/h2-5H,1H3. The van der Waals surface area contributed by atoms with Crippen molar-refractivity contribution in [1.29, 1.82) is 0 Å². The van der Waals surface area contributed by atoms with Crippen LogP contribution in [0.3, 0.4) is 0 Å². The van der Waals surface area contributed by atoms with Gasteiger partial charge in [0, 0.05) is 23.5 Å². The average Bonchev–Trinajstić information content (AvgIpc) is 2.86. The van der Waals surface area contributed by atoms with E-state index in [0.29, 0.717) is 15.2 Å². The molecular formula is C14H7Cl2F3N2O3. The van der Waals surface area contributed by atoms with Gasteiger partial charge in [-0.2, -0.15) is 13.2 Å². The highest BCUT2D eigenvalue weighted by Crippen LogP contribution is 2.33. The minimum absolute atomic E-state index is 0.0475. The van der Waals surface area contributed by atoms with E-state index in [-0.39, 0.29) is 26.7 Å². The average molecular weight is 379 g/mol. The van der Waals surface area contributed by atoms with Gasteiger partial charge in [0.1, 0.15) is 17.6 Å². The summed E-state index contributed by atoms with van der Waals surface area (Å²) in [4.78, 5) is 24.4. The van der Waals surface area contributed by atoms with Crippen molar-refractivity contribution in [3.63, 3.8) is 0 Å². The lowest BCUT2D eigenvalue weighted by molar-refractivity contribution is -0.144. The van der Waals surface area contributed by atoms with E-state index in [4.69, 9.17) is 27.6 Å². The zero-order valence-corrected chi connectivity index (χ0v) is 13.3. The number of alkyl halides is 3. The summed E-state index contributed by atoms with van der Waals surface area (Å²) < 4.78 is 44.8. The Balaban J connectivity index is 2.39. The minimum Gasteiger partial charge on any atom is -0.460 e. The second-order valence-corrected chi connectivity index (χ2v) is 5.77. The largest absolute Gasteiger partial charge is 0.460 e. The fraction of sp³-hybridized carbons (Fsp3) is 0.143. The Hall–Kier alpha value is -2.19. The predicted octanol–water partition coefficient (Wildman–Crippen LogP) is 3.61. The van der Waals surface area contributed by atoms with Gasteiger partial charge in [-0.1, -0.05) is 23.2 Å². The fourth-order valence-corrected chi connectivity index (χ4v) is 2.88. The van der Waals surface area contributed by atoms with Gasteiger partial charge < -0.3 is 4.42 Å². The molecule has 0 spiro atoms.